The second kappa shape index (κ2) is 9.22. The SMILES string of the molecule is CCOc1ccc(-n2c(SCc3c(Cl)cccc3Cl)nnc2-c2cccs2)cc1. The van der Waals surface area contributed by atoms with Gasteiger partial charge in [0.1, 0.15) is 5.75 Å². The standard InChI is InChI=1S/C21H17Cl2N3OS2/c1-2-27-15-10-8-14(9-11-15)26-20(19-7-4-12-28-19)24-25-21(26)29-13-16-17(22)5-3-6-18(16)23/h3-12H,2,13H2,1H3. The molecule has 8 heteroatoms. The Hall–Kier alpha value is -1.99. The maximum atomic E-state index is 6.33. The van der Waals surface area contributed by atoms with Crippen LogP contribution in [0.2, 0.25) is 10.0 Å². The van der Waals surface area contributed by atoms with Gasteiger partial charge in [0.05, 0.1) is 17.2 Å². The van der Waals surface area contributed by atoms with Crippen molar-refractivity contribution < 1.29 is 4.74 Å². The first-order valence-electron chi connectivity index (χ1n) is 8.95. The minimum Gasteiger partial charge on any atom is -0.494 e. The zero-order chi connectivity index (χ0) is 20.2. The number of hydrogen-bond donors (Lipinski definition) is 0. The number of halogens is 2. The summed E-state index contributed by atoms with van der Waals surface area (Å²) in [6.07, 6.45) is 0. The molecule has 2 aromatic heterocycles. The third-order valence-electron chi connectivity index (χ3n) is 4.19. The number of thioether (sulfide) groups is 1. The van der Waals surface area contributed by atoms with E-state index in [0.717, 1.165) is 32.9 Å². The summed E-state index contributed by atoms with van der Waals surface area (Å²) in [4.78, 5) is 1.05. The predicted molar refractivity (Wildman–Crippen MR) is 122 cm³/mol. The molecule has 0 bridgehead atoms. The molecule has 0 N–H and O–H groups in total. The van der Waals surface area contributed by atoms with Gasteiger partial charge in [0, 0.05) is 15.8 Å². The number of hydrogen-bond acceptors (Lipinski definition) is 5. The van der Waals surface area contributed by atoms with Crippen LogP contribution in [0.4, 0.5) is 0 Å². The molecule has 0 unspecified atom stereocenters. The molecule has 29 heavy (non-hydrogen) atoms. The topological polar surface area (TPSA) is 39.9 Å². The average molecular weight is 462 g/mol. The van der Waals surface area contributed by atoms with Gasteiger partial charge >= 0.3 is 0 Å². The Balaban J connectivity index is 1.70. The highest BCUT2D eigenvalue weighted by Crippen LogP contribution is 2.35. The van der Waals surface area contributed by atoms with Crippen LogP contribution in [0.1, 0.15) is 12.5 Å². The minimum atomic E-state index is 0.595. The zero-order valence-electron chi connectivity index (χ0n) is 15.5. The molecular weight excluding hydrogens is 445 g/mol. The summed E-state index contributed by atoms with van der Waals surface area (Å²) >= 11 is 15.8. The third kappa shape index (κ3) is 4.46. The third-order valence-corrected chi connectivity index (χ3v) is 6.72. The van der Waals surface area contributed by atoms with Crippen LogP contribution in [0.15, 0.2) is 65.1 Å². The van der Waals surface area contributed by atoms with E-state index in [4.69, 9.17) is 27.9 Å². The molecule has 2 heterocycles. The molecule has 0 amide bonds. The van der Waals surface area contributed by atoms with Gasteiger partial charge < -0.3 is 4.74 Å². The van der Waals surface area contributed by atoms with Crippen LogP contribution in [0.25, 0.3) is 16.4 Å². The van der Waals surface area contributed by atoms with Gasteiger partial charge in [-0.25, -0.2) is 0 Å². The highest BCUT2D eigenvalue weighted by atomic mass is 35.5. The molecule has 0 atom stereocenters. The monoisotopic (exact) mass is 461 g/mol. The first kappa shape index (κ1) is 20.3. The van der Waals surface area contributed by atoms with Crippen LogP contribution in [0, 0.1) is 0 Å². The Morgan fingerprint density at radius 1 is 1.00 bits per heavy atom. The fourth-order valence-electron chi connectivity index (χ4n) is 2.83. The lowest BCUT2D eigenvalue weighted by molar-refractivity contribution is 0.340. The molecule has 2 aromatic carbocycles. The van der Waals surface area contributed by atoms with Crippen molar-refractivity contribution in [3.05, 3.63) is 75.6 Å². The van der Waals surface area contributed by atoms with Gasteiger partial charge in [-0.3, -0.25) is 4.57 Å². The summed E-state index contributed by atoms with van der Waals surface area (Å²) in [6.45, 7) is 2.60. The van der Waals surface area contributed by atoms with Gasteiger partial charge in [0.15, 0.2) is 11.0 Å². The van der Waals surface area contributed by atoms with E-state index in [1.807, 2.05) is 66.9 Å². The molecule has 0 aliphatic carbocycles. The Bertz CT molecular complexity index is 1080. The summed E-state index contributed by atoms with van der Waals surface area (Å²) < 4.78 is 7.62. The second-order valence-corrected chi connectivity index (χ2v) is 8.74. The maximum absolute atomic E-state index is 6.33. The normalized spacial score (nSPS) is 11.0. The molecule has 0 saturated carbocycles. The summed E-state index contributed by atoms with van der Waals surface area (Å²) in [5.74, 6) is 2.23. The molecule has 0 aliphatic rings. The van der Waals surface area contributed by atoms with Crippen LogP contribution < -0.4 is 4.74 Å². The zero-order valence-corrected chi connectivity index (χ0v) is 18.7. The van der Waals surface area contributed by atoms with E-state index in [1.54, 1.807) is 23.1 Å². The van der Waals surface area contributed by atoms with E-state index >= 15 is 0 Å². The smallest absolute Gasteiger partial charge is 0.196 e. The van der Waals surface area contributed by atoms with E-state index < -0.39 is 0 Å². The van der Waals surface area contributed by atoms with Crippen molar-refractivity contribution in [1.29, 1.82) is 0 Å². The van der Waals surface area contributed by atoms with E-state index in [9.17, 15) is 0 Å². The first-order chi connectivity index (χ1) is 14.2. The van der Waals surface area contributed by atoms with Crippen molar-refractivity contribution in [2.75, 3.05) is 6.61 Å². The highest BCUT2D eigenvalue weighted by Gasteiger charge is 2.18. The minimum absolute atomic E-state index is 0.595. The van der Waals surface area contributed by atoms with Gasteiger partial charge in [-0.05, 0) is 60.3 Å². The maximum Gasteiger partial charge on any atom is 0.196 e. The van der Waals surface area contributed by atoms with Gasteiger partial charge in [-0.1, -0.05) is 47.1 Å². The Labute approximate surface area is 187 Å². The Kier molecular flexibility index (Phi) is 6.45. The second-order valence-electron chi connectivity index (χ2n) is 6.03. The fourth-order valence-corrected chi connectivity index (χ4v) is 5.22. The summed E-state index contributed by atoms with van der Waals surface area (Å²) in [5, 5.41) is 13.0. The summed E-state index contributed by atoms with van der Waals surface area (Å²) in [5.41, 5.74) is 1.86. The lowest BCUT2D eigenvalue weighted by atomic mass is 10.2. The van der Waals surface area contributed by atoms with E-state index in [0.29, 0.717) is 22.4 Å². The fraction of sp³-hybridized carbons (Fsp3) is 0.143. The van der Waals surface area contributed by atoms with Crippen molar-refractivity contribution in [2.45, 2.75) is 17.8 Å². The highest BCUT2D eigenvalue weighted by molar-refractivity contribution is 7.98. The number of benzene rings is 2. The van der Waals surface area contributed by atoms with Crippen molar-refractivity contribution in [3.63, 3.8) is 0 Å². The van der Waals surface area contributed by atoms with Gasteiger partial charge in [-0.15, -0.1) is 21.5 Å². The summed E-state index contributed by atoms with van der Waals surface area (Å²) in [6, 6.07) is 17.5. The first-order valence-corrected chi connectivity index (χ1v) is 11.6. The predicted octanol–water partition coefficient (Wildman–Crippen LogP) is 6.99. The summed E-state index contributed by atoms with van der Waals surface area (Å²) in [7, 11) is 0. The van der Waals surface area contributed by atoms with Crippen molar-refractivity contribution in [1.82, 2.24) is 14.8 Å². The number of rotatable bonds is 7. The van der Waals surface area contributed by atoms with E-state index in [-0.39, 0.29) is 0 Å². The van der Waals surface area contributed by atoms with Crippen LogP contribution in [-0.2, 0) is 5.75 Å². The lowest BCUT2D eigenvalue weighted by Gasteiger charge is -2.11. The van der Waals surface area contributed by atoms with Gasteiger partial charge in [0.25, 0.3) is 0 Å². The molecule has 0 saturated heterocycles. The Morgan fingerprint density at radius 2 is 1.76 bits per heavy atom. The molecule has 4 nitrogen and oxygen atoms in total. The molecule has 0 radical (unpaired) electrons. The van der Waals surface area contributed by atoms with E-state index in [1.165, 1.54) is 0 Å². The van der Waals surface area contributed by atoms with Crippen LogP contribution >= 0.6 is 46.3 Å². The largest absolute Gasteiger partial charge is 0.494 e. The molecule has 4 aromatic rings. The molecule has 148 valence electrons. The van der Waals surface area contributed by atoms with Crippen molar-refractivity contribution in [3.8, 4) is 22.1 Å². The van der Waals surface area contributed by atoms with Crippen LogP contribution in [-0.4, -0.2) is 21.4 Å². The molecular formula is C21H17Cl2N3OS2. The van der Waals surface area contributed by atoms with E-state index in [2.05, 4.69) is 14.8 Å². The number of nitrogens with zero attached hydrogens (tertiary/aromatic N) is 3. The number of aromatic nitrogens is 3. The molecule has 0 aliphatic heterocycles. The van der Waals surface area contributed by atoms with Gasteiger partial charge in [-0.2, -0.15) is 0 Å². The Morgan fingerprint density at radius 3 is 2.41 bits per heavy atom. The number of thiophene rings is 1. The molecule has 0 fully saturated rings. The average Bonchev–Trinajstić information content (AvgIpc) is 3.38. The van der Waals surface area contributed by atoms with Crippen LogP contribution in [0.3, 0.4) is 0 Å². The van der Waals surface area contributed by atoms with Crippen molar-refractivity contribution >= 4 is 46.3 Å². The molecule has 0 spiro atoms. The number of ether oxygens (including phenoxy) is 1. The quantitative estimate of drug-likeness (QED) is 0.278. The lowest BCUT2D eigenvalue weighted by Crippen LogP contribution is -2.00. The van der Waals surface area contributed by atoms with Crippen LogP contribution in [0.5, 0.6) is 5.75 Å². The molecule has 4 rings (SSSR count). The van der Waals surface area contributed by atoms with Crippen molar-refractivity contribution in [2.24, 2.45) is 0 Å². The van der Waals surface area contributed by atoms with Gasteiger partial charge in [0.2, 0.25) is 0 Å².